The van der Waals surface area contributed by atoms with Gasteiger partial charge >= 0.3 is 0 Å². The standard InChI is InChI=1S/C19H33N3O3S.2ClH/c1-14-17(6-5-11-20-14)18(23)13-21-19(2,3)12-15-7-9-16(10-8-15)22-26(4,24)25;;/h5-6,11,15-16,18,21-23H,7-10,12-13H2,1-4H3;2*1H/t15?,16?,18-;;/m0../s1. The minimum absolute atomic E-state index is 0. The van der Waals surface area contributed by atoms with Crippen molar-refractivity contribution in [2.75, 3.05) is 12.8 Å². The summed E-state index contributed by atoms with van der Waals surface area (Å²) in [6.07, 6.45) is 7.25. The summed E-state index contributed by atoms with van der Waals surface area (Å²) in [7, 11) is -3.12. The number of aliphatic hydroxyl groups is 1. The molecular weight excluding hydrogens is 421 g/mol. The number of hydrogen-bond donors (Lipinski definition) is 3. The van der Waals surface area contributed by atoms with Gasteiger partial charge in [-0.1, -0.05) is 6.07 Å². The first kappa shape index (κ1) is 27.6. The first-order valence-corrected chi connectivity index (χ1v) is 11.3. The van der Waals surface area contributed by atoms with Gasteiger partial charge in [0.1, 0.15) is 0 Å². The van der Waals surface area contributed by atoms with Gasteiger partial charge in [0.25, 0.3) is 0 Å². The highest BCUT2D eigenvalue weighted by Gasteiger charge is 2.28. The maximum absolute atomic E-state index is 11.4. The van der Waals surface area contributed by atoms with E-state index in [2.05, 4.69) is 28.9 Å². The van der Waals surface area contributed by atoms with Crippen molar-refractivity contribution in [1.29, 1.82) is 0 Å². The first-order chi connectivity index (χ1) is 12.1. The summed E-state index contributed by atoms with van der Waals surface area (Å²) in [6.45, 7) is 6.73. The Morgan fingerprint density at radius 3 is 2.39 bits per heavy atom. The predicted octanol–water partition coefficient (Wildman–Crippen LogP) is 3.13. The molecule has 0 unspecified atom stereocenters. The van der Waals surface area contributed by atoms with Gasteiger partial charge in [0, 0.05) is 35.6 Å². The number of pyridine rings is 1. The molecule has 1 heterocycles. The highest BCUT2D eigenvalue weighted by atomic mass is 35.5. The second-order valence-electron chi connectivity index (χ2n) is 8.27. The Kier molecular flexibility index (Phi) is 11.5. The third-order valence-corrected chi connectivity index (χ3v) is 5.97. The van der Waals surface area contributed by atoms with Gasteiger partial charge in [-0.15, -0.1) is 24.8 Å². The van der Waals surface area contributed by atoms with Crippen molar-refractivity contribution in [1.82, 2.24) is 15.0 Å². The summed E-state index contributed by atoms with van der Waals surface area (Å²) in [5.74, 6) is 0.576. The van der Waals surface area contributed by atoms with Gasteiger partial charge in [0.2, 0.25) is 10.0 Å². The van der Waals surface area contributed by atoms with Gasteiger partial charge in [-0.3, -0.25) is 4.98 Å². The lowest BCUT2D eigenvalue weighted by molar-refractivity contribution is 0.149. The maximum Gasteiger partial charge on any atom is 0.208 e. The lowest BCUT2D eigenvalue weighted by Crippen LogP contribution is -2.44. The third kappa shape index (κ3) is 9.37. The highest BCUT2D eigenvalue weighted by molar-refractivity contribution is 7.88. The van der Waals surface area contributed by atoms with E-state index in [1.165, 1.54) is 6.26 Å². The van der Waals surface area contributed by atoms with Crippen molar-refractivity contribution < 1.29 is 13.5 Å². The third-order valence-electron chi connectivity index (χ3n) is 5.21. The Balaban J connectivity index is 0.00000364. The molecule has 1 atom stereocenters. The van der Waals surface area contributed by atoms with Crippen LogP contribution in [0.15, 0.2) is 18.3 Å². The fourth-order valence-electron chi connectivity index (χ4n) is 3.91. The fraction of sp³-hybridized carbons (Fsp3) is 0.737. The molecule has 0 radical (unpaired) electrons. The van der Waals surface area contributed by atoms with Crippen molar-refractivity contribution >= 4 is 34.8 Å². The van der Waals surface area contributed by atoms with Crippen LogP contribution in [0.2, 0.25) is 0 Å². The lowest BCUT2D eigenvalue weighted by Gasteiger charge is -2.35. The molecular formula is C19H35Cl2N3O3S. The van der Waals surface area contributed by atoms with E-state index in [-0.39, 0.29) is 36.4 Å². The smallest absolute Gasteiger partial charge is 0.208 e. The Bertz CT molecular complexity index is 693. The molecule has 0 amide bonds. The Labute approximate surface area is 182 Å². The van der Waals surface area contributed by atoms with E-state index in [1.807, 2.05) is 19.1 Å². The molecule has 1 aliphatic carbocycles. The molecule has 28 heavy (non-hydrogen) atoms. The van der Waals surface area contributed by atoms with Gasteiger partial charge in [-0.05, 0) is 64.9 Å². The van der Waals surface area contributed by atoms with E-state index in [4.69, 9.17) is 0 Å². The molecule has 9 heteroatoms. The SMILES string of the molecule is Cc1ncccc1[C@@H](O)CNC(C)(C)CC1CCC(NS(C)(=O)=O)CC1.Cl.Cl. The number of nitrogens with one attached hydrogen (secondary N) is 2. The van der Waals surface area contributed by atoms with Crippen LogP contribution in [0, 0.1) is 12.8 Å². The molecule has 164 valence electrons. The zero-order chi connectivity index (χ0) is 19.4. The largest absolute Gasteiger partial charge is 0.387 e. The number of sulfonamides is 1. The van der Waals surface area contributed by atoms with Crippen LogP contribution in [0.25, 0.3) is 0 Å². The zero-order valence-corrected chi connectivity index (χ0v) is 19.6. The first-order valence-electron chi connectivity index (χ1n) is 9.37. The quantitative estimate of drug-likeness (QED) is 0.559. The van der Waals surface area contributed by atoms with Gasteiger partial charge < -0.3 is 10.4 Å². The fourth-order valence-corrected chi connectivity index (χ4v) is 4.75. The predicted molar refractivity (Wildman–Crippen MR) is 119 cm³/mol. The highest BCUT2D eigenvalue weighted by Crippen LogP contribution is 2.31. The molecule has 1 aromatic heterocycles. The Morgan fingerprint density at radius 1 is 1.25 bits per heavy atom. The number of aliphatic hydroxyl groups excluding tert-OH is 1. The van der Waals surface area contributed by atoms with E-state index in [0.29, 0.717) is 12.5 Å². The number of β-amino-alcohol motifs (C(OH)–C–C–N with tert-alkyl or cyclic N) is 1. The van der Waals surface area contributed by atoms with E-state index < -0.39 is 16.1 Å². The van der Waals surface area contributed by atoms with Crippen LogP contribution < -0.4 is 10.0 Å². The number of rotatable bonds is 8. The molecule has 0 aliphatic heterocycles. The summed E-state index contributed by atoms with van der Waals surface area (Å²) in [6, 6.07) is 3.84. The molecule has 2 rings (SSSR count). The van der Waals surface area contributed by atoms with Crippen LogP contribution in [0.3, 0.4) is 0 Å². The molecule has 0 aromatic carbocycles. The Hall–Kier alpha value is -0.440. The van der Waals surface area contributed by atoms with Crippen LogP contribution >= 0.6 is 24.8 Å². The second kappa shape index (κ2) is 11.7. The van der Waals surface area contributed by atoms with Gasteiger partial charge in [-0.2, -0.15) is 0 Å². The molecule has 3 N–H and O–H groups in total. The topological polar surface area (TPSA) is 91.3 Å². The number of aryl methyl sites for hydroxylation is 1. The van der Waals surface area contributed by atoms with Crippen LogP contribution in [0.1, 0.15) is 63.3 Å². The average Bonchev–Trinajstić information content (AvgIpc) is 2.53. The van der Waals surface area contributed by atoms with Crippen LogP contribution in [-0.2, 0) is 10.0 Å². The van der Waals surface area contributed by atoms with Crippen molar-refractivity contribution in [3.63, 3.8) is 0 Å². The minimum atomic E-state index is -3.12. The van der Waals surface area contributed by atoms with Gasteiger partial charge in [0.05, 0.1) is 12.4 Å². The van der Waals surface area contributed by atoms with Crippen molar-refractivity contribution in [2.45, 2.75) is 70.6 Å². The molecule has 1 saturated carbocycles. The molecule has 0 saturated heterocycles. The molecule has 1 aromatic rings. The second-order valence-corrected chi connectivity index (χ2v) is 10.1. The number of aromatic nitrogens is 1. The van der Waals surface area contributed by atoms with E-state index >= 15 is 0 Å². The molecule has 6 nitrogen and oxygen atoms in total. The maximum atomic E-state index is 11.4. The molecule has 1 fully saturated rings. The zero-order valence-electron chi connectivity index (χ0n) is 17.1. The van der Waals surface area contributed by atoms with Crippen molar-refractivity contribution in [3.8, 4) is 0 Å². The van der Waals surface area contributed by atoms with Crippen LogP contribution in [-0.4, -0.2) is 42.9 Å². The summed E-state index contributed by atoms with van der Waals surface area (Å²) in [5.41, 5.74) is 1.64. The number of nitrogens with zero attached hydrogens (tertiary/aromatic N) is 1. The van der Waals surface area contributed by atoms with E-state index in [9.17, 15) is 13.5 Å². The summed E-state index contributed by atoms with van der Waals surface area (Å²) < 4.78 is 25.4. The average molecular weight is 456 g/mol. The molecule has 0 spiro atoms. The monoisotopic (exact) mass is 455 g/mol. The lowest BCUT2D eigenvalue weighted by atomic mass is 9.79. The Morgan fingerprint density at radius 2 is 1.86 bits per heavy atom. The van der Waals surface area contributed by atoms with Gasteiger partial charge in [-0.25, -0.2) is 13.1 Å². The molecule has 0 bridgehead atoms. The van der Waals surface area contributed by atoms with E-state index in [1.54, 1.807) is 6.20 Å². The van der Waals surface area contributed by atoms with Crippen molar-refractivity contribution in [3.05, 3.63) is 29.6 Å². The summed E-state index contributed by atoms with van der Waals surface area (Å²) >= 11 is 0. The summed E-state index contributed by atoms with van der Waals surface area (Å²) in [5, 5.41) is 13.9. The minimum Gasteiger partial charge on any atom is -0.387 e. The summed E-state index contributed by atoms with van der Waals surface area (Å²) in [4.78, 5) is 4.23. The molecule has 1 aliphatic rings. The number of halogens is 2. The van der Waals surface area contributed by atoms with Gasteiger partial charge in [0.15, 0.2) is 0 Å². The van der Waals surface area contributed by atoms with Crippen LogP contribution in [0.4, 0.5) is 0 Å². The van der Waals surface area contributed by atoms with Crippen molar-refractivity contribution in [2.24, 2.45) is 5.92 Å². The normalized spacial score (nSPS) is 21.3. The number of hydrogen-bond acceptors (Lipinski definition) is 5. The van der Waals surface area contributed by atoms with Crippen LogP contribution in [0.5, 0.6) is 0 Å². The van der Waals surface area contributed by atoms with E-state index in [0.717, 1.165) is 43.4 Å².